The Morgan fingerprint density at radius 3 is 2.15 bits per heavy atom. The molecule has 0 fully saturated rings. The van der Waals surface area contributed by atoms with Gasteiger partial charge in [-0.2, -0.15) is 0 Å². The molecular formula is C19H23Br. The van der Waals surface area contributed by atoms with E-state index in [2.05, 4.69) is 85.2 Å². The molecule has 0 saturated heterocycles. The molecule has 0 spiro atoms. The zero-order valence-electron chi connectivity index (χ0n) is 12.6. The van der Waals surface area contributed by atoms with E-state index in [-0.39, 0.29) is 0 Å². The summed E-state index contributed by atoms with van der Waals surface area (Å²) < 4.78 is 0. The standard InChI is InChI=1S/C19H23Br/c1-4-14(2)16-9-11-17(12-10-16)19(20)13-18-8-6-5-7-15(18)3/h5-12,14,19H,4,13H2,1-3H3. The van der Waals surface area contributed by atoms with Gasteiger partial charge in [0.05, 0.1) is 0 Å². The minimum absolute atomic E-state index is 0.384. The van der Waals surface area contributed by atoms with Crippen LogP contribution in [0.25, 0.3) is 0 Å². The summed E-state index contributed by atoms with van der Waals surface area (Å²) in [6, 6.07) is 17.7. The van der Waals surface area contributed by atoms with Crippen LogP contribution >= 0.6 is 15.9 Å². The van der Waals surface area contributed by atoms with Gasteiger partial charge in [-0.25, -0.2) is 0 Å². The summed E-state index contributed by atoms with van der Waals surface area (Å²) in [5, 5.41) is 0. The molecule has 0 aliphatic carbocycles. The lowest BCUT2D eigenvalue weighted by atomic mass is 9.95. The Balaban J connectivity index is 2.10. The molecule has 2 aromatic carbocycles. The Labute approximate surface area is 131 Å². The fourth-order valence-corrected chi connectivity index (χ4v) is 3.07. The fraction of sp³-hybridized carbons (Fsp3) is 0.368. The smallest absolute Gasteiger partial charge is 0.0435 e. The largest absolute Gasteiger partial charge is 0.0835 e. The van der Waals surface area contributed by atoms with E-state index < -0.39 is 0 Å². The molecule has 0 aliphatic heterocycles. The van der Waals surface area contributed by atoms with Crippen molar-refractivity contribution in [3.05, 3.63) is 70.8 Å². The van der Waals surface area contributed by atoms with Gasteiger partial charge in [0.1, 0.15) is 0 Å². The third-order valence-electron chi connectivity index (χ3n) is 4.14. The molecular weight excluding hydrogens is 308 g/mol. The van der Waals surface area contributed by atoms with Crippen molar-refractivity contribution in [2.75, 3.05) is 0 Å². The predicted molar refractivity (Wildman–Crippen MR) is 91.7 cm³/mol. The molecule has 0 N–H and O–H groups in total. The maximum Gasteiger partial charge on any atom is 0.0435 e. The molecule has 106 valence electrons. The van der Waals surface area contributed by atoms with E-state index >= 15 is 0 Å². The van der Waals surface area contributed by atoms with Crippen molar-refractivity contribution in [3.8, 4) is 0 Å². The Morgan fingerprint density at radius 2 is 1.55 bits per heavy atom. The van der Waals surface area contributed by atoms with E-state index in [1.165, 1.54) is 28.7 Å². The van der Waals surface area contributed by atoms with Crippen LogP contribution < -0.4 is 0 Å². The fourth-order valence-electron chi connectivity index (χ4n) is 2.42. The normalized spacial score (nSPS) is 14.0. The van der Waals surface area contributed by atoms with Crippen LogP contribution in [0.2, 0.25) is 0 Å². The Kier molecular flexibility index (Phi) is 5.42. The van der Waals surface area contributed by atoms with Crippen molar-refractivity contribution in [1.29, 1.82) is 0 Å². The summed E-state index contributed by atoms with van der Waals surface area (Å²) >= 11 is 3.84. The van der Waals surface area contributed by atoms with Gasteiger partial charge < -0.3 is 0 Å². The first-order valence-corrected chi connectivity index (χ1v) is 8.31. The molecule has 2 unspecified atom stereocenters. The number of hydrogen-bond acceptors (Lipinski definition) is 0. The van der Waals surface area contributed by atoms with Crippen molar-refractivity contribution < 1.29 is 0 Å². The van der Waals surface area contributed by atoms with Gasteiger partial charge in [-0.15, -0.1) is 0 Å². The van der Waals surface area contributed by atoms with Crippen molar-refractivity contribution in [1.82, 2.24) is 0 Å². The number of hydrogen-bond donors (Lipinski definition) is 0. The van der Waals surface area contributed by atoms with Gasteiger partial charge in [-0.3, -0.25) is 0 Å². The highest BCUT2D eigenvalue weighted by atomic mass is 79.9. The highest BCUT2D eigenvalue weighted by Gasteiger charge is 2.10. The molecule has 2 atom stereocenters. The average molecular weight is 331 g/mol. The summed E-state index contributed by atoms with van der Waals surface area (Å²) in [5.74, 6) is 0.647. The van der Waals surface area contributed by atoms with E-state index in [4.69, 9.17) is 0 Å². The Morgan fingerprint density at radius 1 is 0.950 bits per heavy atom. The SMILES string of the molecule is CCC(C)c1ccc(C(Br)Cc2ccccc2C)cc1. The van der Waals surface area contributed by atoms with Crippen LogP contribution in [0.4, 0.5) is 0 Å². The summed E-state index contributed by atoms with van der Waals surface area (Å²) in [7, 11) is 0. The second-order valence-electron chi connectivity index (χ2n) is 5.57. The summed E-state index contributed by atoms with van der Waals surface area (Å²) in [5.41, 5.74) is 5.58. The van der Waals surface area contributed by atoms with Crippen LogP contribution in [0.3, 0.4) is 0 Å². The molecule has 20 heavy (non-hydrogen) atoms. The number of halogens is 1. The van der Waals surface area contributed by atoms with Crippen molar-refractivity contribution in [2.24, 2.45) is 0 Å². The first-order valence-electron chi connectivity index (χ1n) is 7.40. The molecule has 0 saturated carbocycles. The minimum atomic E-state index is 0.384. The van der Waals surface area contributed by atoms with Gasteiger partial charge in [0.15, 0.2) is 0 Å². The monoisotopic (exact) mass is 330 g/mol. The third-order valence-corrected chi connectivity index (χ3v) is 4.99. The van der Waals surface area contributed by atoms with Crippen LogP contribution in [0.15, 0.2) is 48.5 Å². The predicted octanol–water partition coefficient (Wildman–Crippen LogP) is 6.19. The van der Waals surface area contributed by atoms with Gasteiger partial charge in [0.2, 0.25) is 0 Å². The zero-order chi connectivity index (χ0) is 14.5. The van der Waals surface area contributed by atoms with Crippen molar-refractivity contribution >= 4 is 15.9 Å². The molecule has 0 radical (unpaired) electrons. The number of alkyl halides is 1. The molecule has 0 aliphatic rings. The van der Waals surface area contributed by atoms with E-state index in [0.717, 1.165) is 6.42 Å². The molecule has 0 amide bonds. The molecule has 0 aromatic heterocycles. The van der Waals surface area contributed by atoms with E-state index in [9.17, 15) is 0 Å². The maximum absolute atomic E-state index is 3.84. The number of rotatable bonds is 5. The summed E-state index contributed by atoms with van der Waals surface area (Å²) in [6.07, 6.45) is 2.23. The molecule has 1 heteroatoms. The van der Waals surface area contributed by atoms with Crippen LogP contribution in [-0.2, 0) is 6.42 Å². The third kappa shape index (κ3) is 3.73. The van der Waals surface area contributed by atoms with E-state index in [0.29, 0.717) is 10.7 Å². The van der Waals surface area contributed by atoms with Crippen LogP contribution in [0.5, 0.6) is 0 Å². The molecule has 2 aromatic rings. The average Bonchev–Trinajstić information content (AvgIpc) is 2.49. The molecule has 2 rings (SSSR count). The zero-order valence-corrected chi connectivity index (χ0v) is 14.2. The van der Waals surface area contributed by atoms with Crippen LogP contribution in [0.1, 0.15) is 53.3 Å². The number of benzene rings is 2. The first-order chi connectivity index (χ1) is 9.61. The van der Waals surface area contributed by atoms with Crippen LogP contribution in [0, 0.1) is 6.92 Å². The number of aryl methyl sites for hydroxylation is 1. The summed E-state index contributed by atoms with van der Waals surface area (Å²) in [4.78, 5) is 0.384. The topological polar surface area (TPSA) is 0 Å². The highest BCUT2D eigenvalue weighted by Crippen LogP contribution is 2.29. The quantitative estimate of drug-likeness (QED) is 0.573. The lowest BCUT2D eigenvalue weighted by molar-refractivity contribution is 0.733. The van der Waals surface area contributed by atoms with Crippen molar-refractivity contribution in [3.63, 3.8) is 0 Å². The van der Waals surface area contributed by atoms with Crippen LogP contribution in [-0.4, -0.2) is 0 Å². The lowest BCUT2D eigenvalue weighted by Gasteiger charge is -2.14. The van der Waals surface area contributed by atoms with Crippen molar-refractivity contribution in [2.45, 2.75) is 44.4 Å². The van der Waals surface area contributed by atoms with E-state index in [1.54, 1.807) is 0 Å². The van der Waals surface area contributed by atoms with Gasteiger partial charge in [0.25, 0.3) is 0 Å². The summed E-state index contributed by atoms with van der Waals surface area (Å²) in [6.45, 7) is 6.71. The van der Waals surface area contributed by atoms with E-state index in [1.807, 2.05) is 0 Å². The van der Waals surface area contributed by atoms with Gasteiger partial charge >= 0.3 is 0 Å². The second kappa shape index (κ2) is 7.08. The molecule has 0 heterocycles. The van der Waals surface area contributed by atoms with Gasteiger partial charge in [-0.05, 0) is 47.9 Å². The molecule has 0 nitrogen and oxygen atoms in total. The highest BCUT2D eigenvalue weighted by molar-refractivity contribution is 9.09. The van der Waals surface area contributed by atoms with Gasteiger partial charge in [-0.1, -0.05) is 78.3 Å². The second-order valence-corrected chi connectivity index (χ2v) is 6.68. The lowest BCUT2D eigenvalue weighted by Crippen LogP contribution is -1.98. The minimum Gasteiger partial charge on any atom is -0.0835 e. The molecule has 0 bridgehead atoms. The Bertz CT molecular complexity index is 542. The maximum atomic E-state index is 3.84. The van der Waals surface area contributed by atoms with Gasteiger partial charge in [0, 0.05) is 4.83 Å². The Hall–Kier alpha value is -1.08. The first kappa shape index (κ1) is 15.3.